The first-order valence-corrected chi connectivity index (χ1v) is 11.6. The van der Waals surface area contributed by atoms with Gasteiger partial charge in [0, 0.05) is 24.2 Å². The van der Waals surface area contributed by atoms with Gasteiger partial charge in [0.05, 0.1) is 0 Å². The lowest BCUT2D eigenvalue weighted by Gasteiger charge is -2.10. The molecule has 0 aromatic heterocycles. The molecule has 0 radical (unpaired) electrons. The van der Waals surface area contributed by atoms with E-state index in [1.807, 2.05) is 62.4 Å². The zero-order valence-electron chi connectivity index (χ0n) is 20.0. The number of amides is 2. The fraction of sp³-hybridized carbons (Fsp3) is 0.250. The number of anilines is 2. The Balaban J connectivity index is 1.33. The van der Waals surface area contributed by atoms with E-state index in [1.54, 1.807) is 24.3 Å². The molecule has 0 saturated heterocycles. The van der Waals surface area contributed by atoms with Crippen molar-refractivity contribution < 1.29 is 23.9 Å². The van der Waals surface area contributed by atoms with E-state index in [-0.39, 0.29) is 25.4 Å². The fourth-order valence-corrected chi connectivity index (χ4v) is 3.32. The van der Waals surface area contributed by atoms with Crippen LogP contribution < -0.4 is 15.4 Å². The van der Waals surface area contributed by atoms with Crippen LogP contribution in [0.15, 0.2) is 72.8 Å². The van der Waals surface area contributed by atoms with Gasteiger partial charge in [-0.25, -0.2) is 0 Å². The molecule has 0 heterocycles. The van der Waals surface area contributed by atoms with E-state index in [0.29, 0.717) is 23.5 Å². The highest BCUT2D eigenvalue weighted by Crippen LogP contribution is 2.23. The smallest absolute Gasteiger partial charge is 0.306 e. The van der Waals surface area contributed by atoms with E-state index in [2.05, 4.69) is 10.6 Å². The van der Waals surface area contributed by atoms with Gasteiger partial charge in [-0.05, 0) is 67.8 Å². The third-order valence-corrected chi connectivity index (χ3v) is 5.22. The topological polar surface area (TPSA) is 93.7 Å². The molecule has 7 nitrogen and oxygen atoms in total. The fourth-order valence-electron chi connectivity index (χ4n) is 3.32. The number of esters is 1. The molecule has 0 spiro atoms. The lowest BCUT2D eigenvalue weighted by atomic mass is 10.1. The third-order valence-electron chi connectivity index (χ3n) is 5.22. The number of carbonyl (C=O) groups excluding carboxylic acids is 3. The van der Waals surface area contributed by atoms with Crippen LogP contribution in [0.25, 0.3) is 0 Å². The number of hydrogen-bond acceptors (Lipinski definition) is 5. The normalized spacial score (nSPS) is 10.3. The van der Waals surface area contributed by atoms with Gasteiger partial charge in [-0.3, -0.25) is 14.4 Å². The lowest BCUT2D eigenvalue weighted by molar-refractivity contribution is -0.147. The summed E-state index contributed by atoms with van der Waals surface area (Å²) < 4.78 is 10.8. The van der Waals surface area contributed by atoms with Gasteiger partial charge in [0.1, 0.15) is 11.5 Å². The van der Waals surface area contributed by atoms with Crippen LogP contribution in [0.4, 0.5) is 11.4 Å². The summed E-state index contributed by atoms with van der Waals surface area (Å²) in [5.41, 5.74) is 3.51. The number of aryl methyl sites for hydroxylation is 2. The van der Waals surface area contributed by atoms with Gasteiger partial charge in [-0.2, -0.15) is 0 Å². The minimum atomic E-state index is -0.519. The Morgan fingerprint density at radius 2 is 1.43 bits per heavy atom. The molecule has 182 valence electrons. The van der Waals surface area contributed by atoms with E-state index in [0.717, 1.165) is 23.3 Å². The molecule has 0 aliphatic rings. The summed E-state index contributed by atoms with van der Waals surface area (Å²) in [5, 5.41) is 5.54. The quantitative estimate of drug-likeness (QED) is 0.351. The van der Waals surface area contributed by atoms with Crippen LogP contribution >= 0.6 is 0 Å². The average Bonchev–Trinajstić information content (AvgIpc) is 2.86. The van der Waals surface area contributed by atoms with Crippen molar-refractivity contribution in [3.63, 3.8) is 0 Å². The van der Waals surface area contributed by atoms with E-state index in [4.69, 9.17) is 9.47 Å². The molecule has 0 fully saturated rings. The molecule has 0 unspecified atom stereocenters. The Bertz CT molecular complexity index is 1140. The van der Waals surface area contributed by atoms with Gasteiger partial charge in [-0.1, -0.05) is 42.8 Å². The minimum absolute atomic E-state index is 0.0512. The van der Waals surface area contributed by atoms with Gasteiger partial charge in [0.15, 0.2) is 6.61 Å². The van der Waals surface area contributed by atoms with Gasteiger partial charge in [0.2, 0.25) is 5.91 Å². The van der Waals surface area contributed by atoms with Crippen LogP contribution in [-0.4, -0.2) is 24.4 Å². The summed E-state index contributed by atoms with van der Waals surface area (Å²) in [6.07, 6.45) is 1.31. The molecule has 3 aromatic carbocycles. The van der Waals surface area contributed by atoms with E-state index in [9.17, 15) is 14.4 Å². The molecular formula is C28H30N2O5. The van der Waals surface area contributed by atoms with Crippen molar-refractivity contribution in [3.8, 4) is 11.5 Å². The van der Waals surface area contributed by atoms with Gasteiger partial charge in [0.25, 0.3) is 5.91 Å². The molecule has 0 aliphatic heterocycles. The predicted molar refractivity (Wildman–Crippen MR) is 136 cm³/mol. The van der Waals surface area contributed by atoms with Crippen molar-refractivity contribution in [3.05, 3.63) is 83.9 Å². The van der Waals surface area contributed by atoms with Crippen LogP contribution in [-0.2, 0) is 25.5 Å². The maximum atomic E-state index is 12.2. The highest BCUT2D eigenvalue weighted by Gasteiger charge is 2.11. The number of hydrogen-bond donors (Lipinski definition) is 2. The molecule has 3 aromatic rings. The third kappa shape index (κ3) is 8.62. The Hall–Kier alpha value is -4.13. The van der Waals surface area contributed by atoms with Crippen LogP contribution in [0, 0.1) is 6.92 Å². The maximum absolute atomic E-state index is 12.2. The Kier molecular flexibility index (Phi) is 9.42. The van der Waals surface area contributed by atoms with E-state index < -0.39 is 11.9 Å². The first-order valence-electron chi connectivity index (χ1n) is 11.6. The van der Waals surface area contributed by atoms with Gasteiger partial charge < -0.3 is 20.1 Å². The highest BCUT2D eigenvalue weighted by molar-refractivity contribution is 5.93. The summed E-state index contributed by atoms with van der Waals surface area (Å²) in [6, 6.07) is 22.3. The molecule has 0 saturated carbocycles. The van der Waals surface area contributed by atoms with Crippen molar-refractivity contribution in [2.45, 2.75) is 39.5 Å². The largest absolute Gasteiger partial charge is 0.457 e. The number of ether oxygens (including phenoxy) is 2. The van der Waals surface area contributed by atoms with Crippen molar-refractivity contribution >= 4 is 29.2 Å². The maximum Gasteiger partial charge on any atom is 0.306 e. The van der Waals surface area contributed by atoms with Crippen molar-refractivity contribution in [1.82, 2.24) is 0 Å². The number of benzene rings is 3. The monoisotopic (exact) mass is 474 g/mol. The predicted octanol–water partition coefficient (Wildman–Crippen LogP) is 5.64. The second-order valence-corrected chi connectivity index (χ2v) is 8.06. The first-order chi connectivity index (χ1) is 16.9. The van der Waals surface area contributed by atoms with Crippen LogP contribution in [0.2, 0.25) is 0 Å². The summed E-state index contributed by atoms with van der Waals surface area (Å²) in [5.74, 6) is 0.277. The molecule has 7 heteroatoms. The lowest BCUT2D eigenvalue weighted by Crippen LogP contribution is -2.21. The Labute approximate surface area is 205 Å². The summed E-state index contributed by atoms with van der Waals surface area (Å²) in [7, 11) is 0. The molecule has 35 heavy (non-hydrogen) atoms. The molecule has 0 atom stereocenters. The minimum Gasteiger partial charge on any atom is -0.457 e. The van der Waals surface area contributed by atoms with Crippen LogP contribution in [0.3, 0.4) is 0 Å². The zero-order valence-corrected chi connectivity index (χ0v) is 20.0. The van der Waals surface area contributed by atoms with Crippen LogP contribution in [0.1, 0.15) is 37.3 Å². The Morgan fingerprint density at radius 3 is 2.11 bits per heavy atom. The molecule has 0 aliphatic carbocycles. The number of nitrogens with one attached hydrogen (secondary N) is 2. The summed E-state index contributed by atoms with van der Waals surface area (Å²) >= 11 is 0. The first kappa shape index (κ1) is 25.5. The number of carbonyl (C=O) groups is 3. The second kappa shape index (κ2) is 12.9. The summed E-state index contributed by atoms with van der Waals surface area (Å²) in [6.45, 7) is 3.65. The highest BCUT2D eigenvalue weighted by atomic mass is 16.5. The molecular weight excluding hydrogens is 444 g/mol. The van der Waals surface area contributed by atoms with Gasteiger partial charge in [-0.15, -0.1) is 0 Å². The second-order valence-electron chi connectivity index (χ2n) is 8.06. The van der Waals surface area contributed by atoms with Gasteiger partial charge >= 0.3 is 5.97 Å². The standard InChI is InChI=1S/C28H30N2O5/c1-3-21-7-4-5-8-25(21)30-27(32)19-34-28(33)10-6-9-26(31)29-22-13-17-24(18-14-22)35-23-15-11-20(2)12-16-23/h4-5,7-8,11-18H,3,6,9-10,19H2,1-2H3,(H,29,31)(H,30,32). The number of rotatable bonds is 11. The molecule has 0 bridgehead atoms. The zero-order chi connectivity index (χ0) is 25.0. The van der Waals surface area contributed by atoms with Crippen molar-refractivity contribution in [2.75, 3.05) is 17.2 Å². The molecule has 3 rings (SSSR count). The van der Waals surface area contributed by atoms with Crippen molar-refractivity contribution in [1.29, 1.82) is 0 Å². The Morgan fingerprint density at radius 1 is 0.771 bits per heavy atom. The van der Waals surface area contributed by atoms with E-state index >= 15 is 0 Å². The SMILES string of the molecule is CCc1ccccc1NC(=O)COC(=O)CCCC(=O)Nc1ccc(Oc2ccc(C)cc2)cc1. The summed E-state index contributed by atoms with van der Waals surface area (Å²) in [4.78, 5) is 36.1. The average molecular weight is 475 g/mol. The number of para-hydroxylation sites is 1. The molecule has 2 amide bonds. The van der Waals surface area contributed by atoms with Crippen LogP contribution in [0.5, 0.6) is 11.5 Å². The molecule has 2 N–H and O–H groups in total. The van der Waals surface area contributed by atoms with E-state index in [1.165, 1.54) is 0 Å². The van der Waals surface area contributed by atoms with Crippen molar-refractivity contribution in [2.24, 2.45) is 0 Å².